The normalized spacial score (nSPS) is 12.0. The second kappa shape index (κ2) is 4.69. The first-order chi connectivity index (χ1) is 9.84. The Balaban J connectivity index is 2.10. The third-order valence-corrected chi connectivity index (χ3v) is 3.72. The summed E-state index contributed by atoms with van der Waals surface area (Å²) >= 11 is 0. The lowest BCUT2D eigenvalue weighted by atomic mass is 9.86. The van der Waals surface area contributed by atoms with Crippen molar-refractivity contribution < 1.29 is 8.78 Å². The molecule has 0 amide bonds. The molecular weight excluding hydrogens is 268 g/mol. The molecule has 0 bridgehead atoms. The maximum atomic E-state index is 13.4. The molecule has 0 unspecified atom stereocenters. The van der Waals surface area contributed by atoms with Crippen LogP contribution in [0.15, 0.2) is 42.5 Å². The SMILES string of the molecule is CC(C)(C)c1ccc2[nH]c(-c3ccc(F)c(F)c3)cc2c1. The number of rotatable bonds is 1. The maximum absolute atomic E-state index is 13.4. The van der Waals surface area contributed by atoms with Gasteiger partial charge in [-0.05, 0) is 47.4 Å². The van der Waals surface area contributed by atoms with E-state index in [1.54, 1.807) is 6.07 Å². The van der Waals surface area contributed by atoms with Gasteiger partial charge in [-0.15, -0.1) is 0 Å². The van der Waals surface area contributed by atoms with Crippen LogP contribution in [-0.2, 0) is 5.41 Å². The molecular formula is C18H17F2N. The lowest BCUT2D eigenvalue weighted by molar-refractivity contribution is 0.509. The van der Waals surface area contributed by atoms with Crippen LogP contribution in [0.4, 0.5) is 8.78 Å². The van der Waals surface area contributed by atoms with Crippen LogP contribution in [0.3, 0.4) is 0 Å². The van der Waals surface area contributed by atoms with E-state index in [-0.39, 0.29) is 5.41 Å². The van der Waals surface area contributed by atoms with E-state index in [2.05, 4.69) is 37.9 Å². The highest BCUT2D eigenvalue weighted by molar-refractivity contribution is 5.86. The van der Waals surface area contributed by atoms with Crippen LogP contribution in [0.1, 0.15) is 26.3 Å². The van der Waals surface area contributed by atoms with Gasteiger partial charge in [0, 0.05) is 22.2 Å². The molecule has 0 saturated carbocycles. The highest BCUT2D eigenvalue weighted by Crippen LogP contribution is 2.29. The Bertz CT molecular complexity index is 810. The van der Waals surface area contributed by atoms with Gasteiger partial charge < -0.3 is 4.98 Å². The summed E-state index contributed by atoms with van der Waals surface area (Å²) in [5, 5.41) is 1.07. The Morgan fingerprint density at radius 1 is 0.857 bits per heavy atom. The molecule has 0 radical (unpaired) electrons. The Morgan fingerprint density at radius 3 is 2.29 bits per heavy atom. The fourth-order valence-corrected chi connectivity index (χ4v) is 2.42. The zero-order valence-corrected chi connectivity index (χ0v) is 12.3. The molecule has 0 fully saturated rings. The van der Waals surface area contributed by atoms with Crippen LogP contribution >= 0.6 is 0 Å². The number of hydrogen-bond donors (Lipinski definition) is 1. The molecule has 108 valence electrons. The predicted molar refractivity (Wildman–Crippen MR) is 82.4 cm³/mol. The van der Waals surface area contributed by atoms with Crippen LogP contribution in [-0.4, -0.2) is 4.98 Å². The average molecular weight is 285 g/mol. The van der Waals surface area contributed by atoms with Gasteiger partial charge in [-0.25, -0.2) is 8.78 Å². The summed E-state index contributed by atoms with van der Waals surface area (Å²) in [6.45, 7) is 6.49. The van der Waals surface area contributed by atoms with Crippen molar-refractivity contribution in [1.82, 2.24) is 4.98 Å². The first-order valence-corrected chi connectivity index (χ1v) is 6.93. The third kappa shape index (κ3) is 2.56. The number of fused-ring (bicyclic) bond motifs is 1. The van der Waals surface area contributed by atoms with Gasteiger partial charge in [-0.3, -0.25) is 0 Å². The summed E-state index contributed by atoms with van der Waals surface area (Å²) < 4.78 is 26.4. The summed E-state index contributed by atoms with van der Waals surface area (Å²) in [4.78, 5) is 3.25. The highest BCUT2D eigenvalue weighted by Gasteiger charge is 2.15. The topological polar surface area (TPSA) is 15.8 Å². The molecule has 0 saturated heterocycles. The molecule has 1 nitrogen and oxygen atoms in total. The highest BCUT2D eigenvalue weighted by atomic mass is 19.2. The summed E-state index contributed by atoms with van der Waals surface area (Å²) in [6, 6.07) is 12.2. The number of benzene rings is 2. The predicted octanol–water partition coefficient (Wildman–Crippen LogP) is 5.41. The molecule has 21 heavy (non-hydrogen) atoms. The molecule has 0 spiro atoms. The van der Waals surface area contributed by atoms with Gasteiger partial charge in [-0.2, -0.15) is 0 Å². The van der Waals surface area contributed by atoms with Crippen molar-refractivity contribution in [1.29, 1.82) is 0 Å². The molecule has 1 N–H and O–H groups in total. The first kappa shape index (κ1) is 13.8. The van der Waals surface area contributed by atoms with Crippen molar-refractivity contribution in [3.8, 4) is 11.3 Å². The number of hydrogen-bond acceptors (Lipinski definition) is 0. The van der Waals surface area contributed by atoms with Crippen LogP contribution < -0.4 is 0 Å². The van der Waals surface area contributed by atoms with Gasteiger partial charge in [0.1, 0.15) is 0 Å². The molecule has 0 aliphatic carbocycles. The molecule has 3 heteroatoms. The van der Waals surface area contributed by atoms with Gasteiger partial charge in [0.15, 0.2) is 11.6 Å². The second-order valence-corrected chi connectivity index (χ2v) is 6.36. The van der Waals surface area contributed by atoms with Crippen LogP contribution in [0.25, 0.3) is 22.2 Å². The lowest BCUT2D eigenvalue weighted by Crippen LogP contribution is -2.10. The Hall–Kier alpha value is -2.16. The fraction of sp³-hybridized carbons (Fsp3) is 0.222. The minimum atomic E-state index is -0.832. The van der Waals surface area contributed by atoms with Crippen LogP contribution in [0.5, 0.6) is 0 Å². The second-order valence-electron chi connectivity index (χ2n) is 6.36. The summed E-state index contributed by atoms with van der Waals surface area (Å²) in [7, 11) is 0. The molecule has 0 aliphatic rings. The largest absolute Gasteiger partial charge is 0.355 e. The number of H-pyrrole nitrogens is 1. The van der Waals surface area contributed by atoms with Crippen molar-refractivity contribution in [2.24, 2.45) is 0 Å². The van der Waals surface area contributed by atoms with Gasteiger partial charge >= 0.3 is 0 Å². The summed E-state index contributed by atoms with van der Waals surface area (Å²) in [5.74, 6) is -1.66. The van der Waals surface area contributed by atoms with E-state index in [1.807, 2.05) is 12.1 Å². The molecule has 1 aromatic heterocycles. The lowest BCUT2D eigenvalue weighted by Gasteiger charge is -2.18. The summed E-state index contributed by atoms with van der Waals surface area (Å²) in [5.41, 5.74) is 3.74. The van der Waals surface area contributed by atoms with Crippen molar-refractivity contribution >= 4 is 10.9 Å². The van der Waals surface area contributed by atoms with Crippen molar-refractivity contribution in [3.63, 3.8) is 0 Å². The Kier molecular flexibility index (Phi) is 3.08. The van der Waals surface area contributed by atoms with Crippen LogP contribution in [0, 0.1) is 11.6 Å². The first-order valence-electron chi connectivity index (χ1n) is 6.93. The minimum absolute atomic E-state index is 0.0770. The van der Waals surface area contributed by atoms with E-state index in [0.717, 1.165) is 22.7 Å². The van der Waals surface area contributed by atoms with Gasteiger partial charge in [-0.1, -0.05) is 26.8 Å². The van der Waals surface area contributed by atoms with E-state index in [4.69, 9.17) is 0 Å². The van der Waals surface area contributed by atoms with Gasteiger partial charge in [0.25, 0.3) is 0 Å². The van der Waals surface area contributed by atoms with E-state index in [1.165, 1.54) is 11.6 Å². The molecule has 0 aliphatic heterocycles. The minimum Gasteiger partial charge on any atom is -0.355 e. The Morgan fingerprint density at radius 2 is 1.62 bits per heavy atom. The molecule has 3 rings (SSSR count). The van der Waals surface area contributed by atoms with Gasteiger partial charge in [0.05, 0.1) is 0 Å². The standard InChI is InChI=1S/C18H17F2N/c1-18(2,3)13-5-7-16-12(8-13)10-17(21-16)11-4-6-14(19)15(20)9-11/h4-10,21H,1-3H3. The van der Waals surface area contributed by atoms with E-state index in [9.17, 15) is 8.78 Å². The Labute approximate surface area is 122 Å². The zero-order chi connectivity index (χ0) is 15.2. The fourth-order valence-electron chi connectivity index (χ4n) is 2.42. The quantitative estimate of drug-likeness (QED) is 0.615. The number of halogens is 2. The number of nitrogens with one attached hydrogen (secondary N) is 1. The van der Waals surface area contributed by atoms with E-state index < -0.39 is 11.6 Å². The monoisotopic (exact) mass is 285 g/mol. The van der Waals surface area contributed by atoms with Crippen molar-refractivity contribution in [2.45, 2.75) is 26.2 Å². The van der Waals surface area contributed by atoms with E-state index >= 15 is 0 Å². The van der Waals surface area contributed by atoms with Crippen molar-refractivity contribution in [3.05, 3.63) is 59.7 Å². The maximum Gasteiger partial charge on any atom is 0.159 e. The number of aromatic nitrogens is 1. The molecule has 1 heterocycles. The van der Waals surface area contributed by atoms with Crippen molar-refractivity contribution in [2.75, 3.05) is 0 Å². The molecule has 0 atom stereocenters. The zero-order valence-electron chi connectivity index (χ0n) is 12.3. The van der Waals surface area contributed by atoms with Gasteiger partial charge in [0.2, 0.25) is 0 Å². The van der Waals surface area contributed by atoms with Crippen LogP contribution in [0.2, 0.25) is 0 Å². The molecule has 2 aromatic carbocycles. The summed E-state index contributed by atoms with van der Waals surface area (Å²) in [6.07, 6.45) is 0. The average Bonchev–Trinajstić information content (AvgIpc) is 2.83. The van der Waals surface area contributed by atoms with E-state index in [0.29, 0.717) is 5.56 Å². The third-order valence-electron chi connectivity index (χ3n) is 3.72. The number of aromatic amines is 1. The molecule has 3 aromatic rings. The smallest absolute Gasteiger partial charge is 0.159 e.